The van der Waals surface area contributed by atoms with Gasteiger partial charge in [0.05, 0.1) is 39.9 Å². The van der Waals surface area contributed by atoms with Crippen molar-refractivity contribution >= 4 is 13.7 Å². The van der Waals surface area contributed by atoms with Crippen LogP contribution in [0.1, 0.15) is 354 Å². The number of rotatable bonds is 67. The highest BCUT2D eigenvalue weighted by Crippen LogP contribution is 2.38. The van der Waals surface area contributed by atoms with E-state index in [2.05, 4.69) is 79.9 Å². The summed E-state index contributed by atoms with van der Waals surface area (Å²) in [4.78, 5) is 25.7. The normalized spacial score (nSPS) is 14.0. The van der Waals surface area contributed by atoms with E-state index >= 15 is 0 Å². The second-order valence-corrected chi connectivity index (χ2v) is 27.3. The molecule has 0 aromatic heterocycles. The molecule has 2 N–H and O–H groups in total. The third-order valence-corrected chi connectivity index (χ3v) is 17.5. The molecule has 3 unspecified atom stereocenters. The van der Waals surface area contributed by atoms with Crippen molar-refractivity contribution in [2.45, 2.75) is 366 Å². The van der Waals surface area contributed by atoms with Crippen LogP contribution in [0.4, 0.5) is 0 Å². The molecule has 0 aliphatic rings. The number of likely N-dealkylation sites (N-methyl/N-ethyl adjacent to an activating group) is 1. The van der Waals surface area contributed by atoms with Gasteiger partial charge in [0, 0.05) is 6.42 Å². The molecule has 0 fully saturated rings. The third-order valence-electron chi connectivity index (χ3n) is 16.5. The molecule has 0 heterocycles. The fraction of sp³-hybridized carbons (Fsp3) is 0.851. The summed E-state index contributed by atoms with van der Waals surface area (Å²) < 4.78 is 23.6. The number of quaternary nitrogens is 1. The second-order valence-electron chi connectivity index (χ2n) is 25.9. The van der Waals surface area contributed by atoms with E-state index in [-0.39, 0.29) is 19.1 Å². The first-order valence-corrected chi connectivity index (χ1v) is 37.6. The Morgan fingerprint density at radius 1 is 0.434 bits per heavy atom. The van der Waals surface area contributed by atoms with Crippen molar-refractivity contribution in [1.29, 1.82) is 0 Å². The third kappa shape index (κ3) is 67.6. The number of nitrogens with zero attached hydrogens (tertiary/aromatic N) is 1. The van der Waals surface area contributed by atoms with E-state index in [0.717, 1.165) is 70.6 Å². The van der Waals surface area contributed by atoms with Crippen molar-refractivity contribution in [1.82, 2.24) is 5.32 Å². The van der Waals surface area contributed by atoms with E-state index < -0.39 is 20.0 Å². The van der Waals surface area contributed by atoms with E-state index in [1.54, 1.807) is 0 Å². The molecule has 8 nitrogen and oxygen atoms in total. The highest BCUT2D eigenvalue weighted by molar-refractivity contribution is 7.45. The largest absolute Gasteiger partial charge is 0.756 e. The van der Waals surface area contributed by atoms with Gasteiger partial charge in [0.1, 0.15) is 13.2 Å². The number of phosphoric ester groups is 1. The van der Waals surface area contributed by atoms with Crippen molar-refractivity contribution in [3.63, 3.8) is 0 Å². The summed E-state index contributed by atoms with van der Waals surface area (Å²) in [5.74, 6) is -0.158. The smallest absolute Gasteiger partial charge is 0.268 e. The number of aliphatic hydroxyl groups excluding tert-OH is 1. The summed E-state index contributed by atoms with van der Waals surface area (Å²) >= 11 is 0. The lowest BCUT2D eigenvalue weighted by atomic mass is 10.0. The molecule has 0 bridgehead atoms. The minimum atomic E-state index is -4.58. The molecule has 0 spiro atoms. The molecule has 0 aromatic rings. The van der Waals surface area contributed by atoms with Crippen LogP contribution in [-0.4, -0.2) is 68.5 Å². The average Bonchev–Trinajstić information content (AvgIpc) is 3.50. The number of hydrogen-bond acceptors (Lipinski definition) is 6. The number of carbonyl (C=O) groups is 1. The number of allylic oxidation sites excluding steroid dienone is 10. The van der Waals surface area contributed by atoms with Crippen molar-refractivity contribution in [2.24, 2.45) is 0 Å². The number of amides is 1. The summed E-state index contributed by atoms with van der Waals surface area (Å²) in [5, 5.41) is 14.1. The minimum absolute atomic E-state index is 0.0135. The number of carbonyl (C=O) groups excluding carboxylic acids is 1. The SMILES string of the molecule is CC/C=C\C/C=C\C/C=C\C/C=C\C/C=C\CCCCCCCCCCCCCCCCCCCCCCCC(=O)NC(COP(=O)([O-])OCC[N+](C)(C)C)C(O)CCCCCCCCCCCCCCCCCCCCCCCCCC. The summed E-state index contributed by atoms with van der Waals surface area (Å²) in [6.07, 6.45) is 88.8. The molecule has 1 amide bonds. The van der Waals surface area contributed by atoms with E-state index in [4.69, 9.17) is 9.05 Å². The molecular weight excluding hydrogens is 1040 g/mol. The highest BCUT2D eigenvalue weighted by atomic mass is 31.2. The van der Waals surface area contributed by atoms with Crippen molar-refractivity contribution in [3.8, 4) is 0 Å². The number of aliphatic hydroxyl groups is 1. The van der Waals surface area contributed by atoms with Gasteiger partial charge in [-0.2, -0.15) is 0 Å². The van der Waals surface area contributed by atoms with Gasteiger partial charge in [-0.3, -0.25) is 9.36 Å². The molecule has 83 heavy (non-hydrogen) atoms. The summed E-state index contributed by atoms with van der Waals surface area (Å²) in [6.45, 7) is 4.66. The Bertz CT molecular complexity index is 1540. The highest BCUT2D eigenvalue weighted by Gasteiger charge is 2.24. The van der Waals surface area contributed by atoms with Gasteiger partial charge in [-0.25, -0.2) is 0 Å². The fourth-order valence-corrected chi connectivity index (χ4v) is 11.7. The zero-order valence-electron chi connectivity index (χ0n) is 55.9. The first-order valence-electron chi connectivity index (χ1n) is 36.1. The molecule has 0 aliphatic heterocycles. The maximum Gasteiger partial charge on any atom is 0.268 e. The standard InChI is InChI=1S/C74H141N2O6P/c1-6-8-10-12-14-16-18-20-22-24-26-28-30-32-33-34-35-36-37-38-39-40-41-42-43-44-46-48-50-52-54-56-58-60-62-64-66-68-74(78)75-72(71-82-83(79,80)81-70-69-76(3,4)5)73(77)67-65-63-61-59-57-55-53-51-49-47-45-31-29-27-25-23-21-19-17-15-13-11-9-7-2/h8,10,14,16,20,22,26,28,32-33,72-73,77H,6-7,9,11-13,15,17-19,21,23-25,27,29-31,34-71H2,1-5H3,(H-,75,78,79,80)/b10-8-,16-14-,22-20-,28-26-,33-32-. The first kappa shape index (κ1) is 81.2. The minimum Gasteiger partial charge on any atom is -0.756 e. The number of nitrogens with one attached hydrogen (secondary N) is 1. The molecule has 488 valence electrons. The van der Waals surface area contributed by atoms with E-state index in [9.17, 15) is 19.4 Å². The second kappa shape index (κ2) is 64.7. The maximum atomic E-state index is 13.1. The van der Waals surface area contributed by atoms with Crippen molar-refractivity contribution in [2.75, 3.05) is 40.9 Å². The number of phosphoric acid groups is 1. The van der Waals surface area contributed by atoms with Crippen molar-refractivity contribution < 1.29 is 32.9 Å². The lowest BCUT2D eigenvalue weighted by Gasteiger charge is -2.30. The number of hydrogen-bond donors (Lipinski definition) is 2. The quantitative estimate of drug-likeness (QED) is 0.0272. The Morgan fingerprint density at radius 3 is 1.07 bits per heavy atom. The van der Waals surface area contributed by atoms with Crippen molar-refractivity contribution in [3.05, 3.63) is 60.8 Å². The van der Waals surface area contributed by atoms with Gasteiger partial charge in [-0.05, 0) is 57.8 Å². The first-order chi connectivity index (χ1) is 40.5. The zero-order chi connectivity index (χ0) is 60.5. The van der Waals surface area contributed by atoms with Gasteiger partial charge < -0.3 is 28.8 Å². The number of unbranched alkanes of at least 4 members (excludes halogenated alkanes) is 44. The molecule has 0 aromatic carbocycles. The molecule has 0 saturated carbocycles. The maximum absolute atomic E-state index is 13.1. The van der Waals surface area contributed by atoms with E-state index in [0.29, 0.717) is 23.9 Å². The van der Waals surface area contributed by atoms with Gasteiger partial charge in [-0.1, -0.05) is 351 Å². The topological polar surface area (TPSA) is 108 Å². The Balaban J connectivity index is 3.96. The predicted molar refractivity (Wildman–Crippen MR) is 362 cm³/mol. The molecule has 3 atom stereocenters. The van der Waals surface area contributed by atoms with Gasteiger partial charge in [0.2, 0.25) is 5.91 Å². The van der Waals surface area contributed by atoms with E-state index in [1.165, 1.54) is 257 Å². The Hall–Kier alpha value is -1.80. The summed E-state index contributed by atoms with van der Waals surface area (Å²) in [6, 6.07) is -0.802. The van der Waals surface area contributed by atoms with Crippen LogP contribution in [0, 0.1) is 0 Å². The molecule has 0 radical (unpaired) electrons. The lowest BCUT2D eigenvalue weighted by molar-refractivity contribution is -0.870. The molecular formula is C74H141N2O6P. The van der Waals surface area contributed by atoms with Crippen LogP contribution >= 0.6 is 7.82 Å². The molecule has 0 aliphatic carbocycles. The molecule has 0 saturated heterocycles. The van der Waals surface area contributed by atoms with Gasteiger partial charge in [0.25, 0.3) is 7.82 Å². The van der Waals surface area contributed by atoms with Crippen LogP contribution in [0.25, 0.3) is 0 Å². The monoisotopic (exact) mass is 1190 g/mol. The van der Waals surface area contributed by atoms with Gasteiger partial charge >= 0.3 is 0 Å². The Labute approximate surface area is 517 Å². The molecule has 9 heteroatoms. The Kier molecular flexibility index (Phi) is 63.3. The summed E-state index contributed by atoms with van der Waals surface area (Å²) in [5.41, 5.74) is 0. The van der Waals surface area contributed by atoms with Crippen LogP contribution in [0.15, 0.2) is 60.8 Å². The van der Waals surface area contributed by atoms with Crippen LogP contribution in [0.2, 0.25) is 0 Å². The summed E-state index contributed by atoms with van der Waals surface area (Å²) in [7, 11) is 1.32. The van der Waals surface area contributed by atoms with Crippen LogP contribution in [-0.2, 0) is 18.4 Å². The van der Waals surface area contributed by atoms with Crippen LogP contribution in [0.3, 0.4) is 0 Å². The molecule has 0 rings (SSSR count). The van der Waals surface area contributed by atoms with Gasteiger partial charge in [0.15, 0.2) is 0 Å². The van der Waals surface area contributed by atoms with E-state index in [1.807, 2.05) is 21.1 Å². The van der Waals surface area contributed by atoms with Crippen LogP contribution in [0.5, 0.6) is 0 Å². The lowest BCUT2D eigenvalue weighted by Crippen LogP contribution is -2.46. The fourth-order valence-electron chi connectivity index (χ4n) is 11.0. The zero-order valence-corrected chi connectivity index (χ0v) is 56.8. The average molecular weight is 1190 g/mol. The van der Waals surface area contributed by atoms with Gasteiger partial charge in [-0.15, -0.1) is 0 Å². The van der Waals surface area contributed by atoms with Crippen LogP contribution < -0.4 is 10.2 Å². The Morgan fingerprint density at radius 2 is 0.735 bits per heavy atom. The predicted octanol–water partition coefficient (Wildman–Crippen LogP) is 22.5.